The van der Waals surface area contributed by atoms with E-state index in [-0.39, 0.29) is 0 Å². The lowest BCUT2D eigenvalue weighted by molar-refractivity contribution is 0.195. The molecule has 0 aromatic heterocycles. The predicted molar refractivity (Wildman–Crippen MR) is 68.7 cm³/mol. The van der Waals surface area contributed by atoms with Gasteiger partial charge in [0.05, 0.1) is 0 Å². The molecule has 0 radical (unpaired) electrons. The maximum absolute atomic E-state index is 5.56. The van der Waals surface area contributed by atoms with Gasteiger partial charge in [0, 0.05) is 13.7 Å². The Morgan fingerprint density at radius 3 is 2.50 bits per heavy atom. The standard InChI is InChI=1S/C14H23NO/c1-12(9-10-15)14-7-5-13(6-8-14)4-3-11-16-2/h5-8,12H,3-4,9-11,15H2,1-2H3. The van der Waals surface area contributed by atoms with Crippen LogP contribution in [-0.4, -0.2) is 20.3 Å². The molecule has 0 saturated heterocycles. The van der Waals surface area contributed by atoms with Gasteiger partial charge in [-0.2, -0.15) is 0 Å². The molecule has 2 N–H and O–H groups in total. The molecule has 0 aliphatic heterocycles. The first-order valence-electron chi connectivity index (χ1n) is 6.05. The molecule has 1 atom stereocenters. The molecule has 1 aromatic rings. The van der Waals surface area contributed by atoms with Crippen molar-refractivity contribution in [2.45, 2.75) is 32.1 Å². The van der Waals surface area contributed by atoms with E-state index in [4.69, 9.17) is 10.5 Å². The zero-order valence-electron chi connectivity index (χ0n) is 10.4. The zero-order valence-corrected chi connectivity index (χ0v) is 10.4. The predicted octanol–water partition coefficient (Wildman–Crippen LogP) is 2.72. The summed E-state index contributed by atoms with van der Waals surface area (Å²) in [6.45, 7) is 3.83. The first kappa shape index (κ1) is 13.2. The summed E-state index contributed by atoms with van der Waals surface area (Å²) >= 11 is 0. The Balaban J connectivity index is 2.47. The molecule has 2 heteroatoms. The summed E-state index contributed by atoms with van der Waals surface area (Å²) in [5.41, 5.74) is 8.34. The monoisotopic (exact) mass is 221 g/mol. The van der Waals surface area contributed by atoms with Crippen molar-refractivity contribution >= 4 is 0 Å². The lowest BCUT2D eigenvalue weighted by Gasteiger charge is -2.11. The second kappa shape index (κ2) is 7.42. The molecule has 0 saturated carbocycles. The number of nitrogens with two attached hydrogens (primary N) is 1. The minimum Gasteiger partial charge on any atom is -0.385 e. The number of aryl methyl sites for hydroxylation is 1. The number of hydrogen-bond acceptors (Lipinski definition) is 2. The third-order valence-corrected chi connectivity index (χ3v) is 2.96. The normalized spacial score (nSPS) is 12.7. The Morgan fingerprint density at radius 2 is 1.94 bits per heavy atom. The molecule has 0 bridgehead atoms. The van der Waals surface area contributed by atoms with E-state index in [1.165, 1.54) is 11.1 Å². The van der Waals surface area contributed by atoms with Crippen molar-refractivity contribution in [3.8, 4) is 0 Å². The van der Waals surface area contributed by atoms with Crippen molar-refractivity contribution in [3.63, 3.8) is 0 Å². The van der Waals surface area contributed by atoms with E-state index >= 15 is 0 Å². The van der Waals surface area contributed by atoms with Crippen LogP contribution in [0.25, 0.3) is 0 Å². The van der Waals surface area contributed by atoms with Crippen LogP contribution in [0.1, 0.15) is 36.8 Å². The molecule has 16 heavy (non-hydrogen) atoms. The Labute approximate surface area is 98.8 Å². The molecule has 0 heterocycles. The van der Waals surface area contributed by atoms with Gasteiger partial charge >= 0.3 is 0 Å². The Kier molecular flexibility index (Phi) is 6.12. The van der Waals surface area contributed by atoms with Crippen LogP contribution < -0.4 is 5.73 Å². The quantitative estimate of drug-likeness (QED) is 0.718. The van der Waals surface area contributed by atoms with E-state index < -0.39 is 0 Å². The van der Waals surface area contributed by atoms with Gasteiger partial charge in [0.2, 0.25) is 0 Å². The van der Waals surface area contributed by atoms with Gasteiger partial charge in [-0.1, -0.05) is 31.2 Å². The highest BCUT2D eigenvalue weighted by atomic mass is 16.5. The summed E-state index contributed by atoms with van der Waals surface area (Å²) in [5.74, 6) is 0.568. The zero-order chi connectivity index (χ0) is 11.8. The van der Waals surface area contributed by atoms with Gasteiger partial charge in [-0.3, -0.25) is 0 Å². The summed E-state index contributed by atoms with van der Waals surface area (Å²) in [7, 11) is 1.75. The molecule has 90 valence electrons. The first-order valence-corrected chi connectivity index (χ1v) is 6.05. The van der Waals surface area contributed by atoms with E-state index in [2.05, 4.69) is 31.2 Å². The van der Waals surface area contributed by atoms with Crippen LogP contribution in [0, 0.1) is 0 Å². The topological polar surface area (TPSA) is 35.2 Å². The van der Waals surface area contributed by atoms with Crippen molar-refractivity contribution < 1.29 is 4.74 Å². The van der Waals surface area contributed by atoms with Gasteiger partial charge in [-0.05, 0) is 42.9 Å². The van der Waals surface area contributed by atoms with Crippen LogP contribution in [0.2, 0.25) is 0 Å². The van der Waals surface area contributed by atoms with Crippen LogP contribution in [0.4, 0.5) is 0 Å². The number of rotatable bonds is 7. The highest BCUT2D eigenvalue weighted by molar-refractivity contribution is 5.25. The van der Waals surface area contributed by atoms with Gasteiger partial charge in [-0.25, -0.2) is 0 Å². The Bertz CT molecular complexity index is 281. The van der Waals surface area contributed by atoms with Crippen molar-refractivity contribution in [1.82, 2.24) is 0 Å². The minimum absolute atomic E-state index is 0.568. The summed E-state index contributed by atoms with van der Waals surface area (Å²) in [5, 5.41) is 0. The smallest absolute Gasteiger partial charge is 0.0465 e. The number of ether oxygens (including phenoxy) is 1. The SMILES string of the molecule is COCCCc1ccc(C(C)CCN)cc1. The van der Waals surface area contributed by atoms with Gasteiger partial charge in [0.15, 0.2) is 0 Å². The highest BCUT2D eigenvalue weighted by Gasteiger charge is 2.03. The number of methoxy groups -OCH3 is 1. The second-order valence-electron chi connectivity index (χ2n) is 4.32. The molecule has 2 nitrogen and oxygen atoms in total. The molecule has 1 unspecified atom stereocenters. The maximum atomic E-state index is 5.56. The molecular formula is C14H23NO. The lowest BCUT2D eigenvalue weighted by Crippen LogP contribution is -2.04. The van der Waals surface area contributed by atoms with Crippen LogP contribution >= 0.6 is 0 Å². The molecule has 0 amide bonds. The molecule has 0 spiro atoms. The molecule has 0 aliphatic rings. The van der Waals surface area contributed by atoms with Gasteiger partial charge < -0.3 is 10.5 Å². The summed E-state index contributed by atoms with van der Waals surface area (Å²) in [6, 6.07) is 8.89. The Hall–Kier alpha value is -0.860. The summed E-state index contributed by atoms with van der Waals surface area (Å²) < 4.78 is 5.04. The highest BCUT2D eigenvalue weighted by Crippen LogP contribution is 2.19. The average Bonchev–Trinajstić information content (AvgIpc) is 2.30. The van der Waals surface area contributed by atoms with E-state index in [1.807, 2.05) is 0 Å². The van der Waals surface area contributed by atoms with Crippen molar-refractivity contribution in [2.24, 2.45) is 5.73 Å². The molecule has 0 fully saturated rings. The van der Waals surface area contributed by atoms with Crippen molar-refractivity contribution in [1.29, 1.82) is 0 Å². The fraction of sp³-hybridized carbons (Fsp3) is 0.571. The average molecular weight is 221 g/mol. The van der Waals surface area contributed by atoms with E-state index in [9.17, 15) is 0 Å². The number of hydrogen-bond donors (Lipinski definition) is 1. The fourth-order valence-corrected chi connectivity index (χ4v) is 1.85. The molecule has 1 rings (SSSR count). The van der Waals surface area contributed by atoms with Gasteiger partial charge in [0.1, 0.15) is 0 Å². The van der Waals surface area contributed by atoms with Crippen molar-refractivity contribution in [3.05, 3.63) is 35.4 Å². The molecule has 1 aromatic carbocycles. The summed E-state index contributed by atoms with van der Waals surface area (Å²) in [6.07, 6.45) is 3.25. The third kappa shape index (κ3) is 4.33. The first-order chi connectivity index (χ1) is 7.77. The largest absolute Gasteiger partial charge is 0.385 e. The van der Waals surface area contributed by atoms with E-state index in [1.54, 1.807) is 7.11 Å². The van der Waals surface area contributed by atoms with Gasteiger partial charge in [0.25, 0.3) is 0 Å². The van der Waals surface area contributed by atoms with Gasteiger partial charge in [-0.15, -0.1) is 0 Å². The van der Waals surface area contributed by atoms with Crippen LogP contribution in [-0.2, 0) is 11.2 Å². The second-order valence-corrected chi connectivity index (χ2v) is 4.32. The van der Waals surface area contributed by atoms with Crippen LogP contribution in [0.5, 0.6) is 0 Å². The third-order valence-electron chi connectivity index (χ3n) is 2.96. The van der Waals surface area contributed by atoms with E-state index in [0.717, 1.165) is 32.4 Å². The molecule has 0 aliphatic carbocycles. The summed E-state index contributed by atoms with van der Waals surface area (Å²) in [4.78, 5) is 0. The fourth-order valence-electron chi connectivity index (χ4n) is 1.85. The maximum Gasteiger partial charge on any atom is 0.0465 e. The van der Waals surface area contributed by atoms with Crippen LogP contribution in [0.15, 0.2) is 24.3 Å². The Morgan fingerprint density at radius 1 is 1.25 bits per heavy atom. The molecular weight excluding hydrogens is 198 g/mol. The minimum atomic E-state index is 0.568. The van der Waals surface area contributed by atoms with E-state index in [0.29, 0.717) is 5.92 Å². The lowest BCUT2D eigenvalue weighted by atomic mass is 9.96. The van der Waals surface area contributed by atoms with Crippen LogP contribution in [0.3, 0.4) is 0 Å². The van der Waals surface area contributed by atoms with Crippen molar-refractivity contribution in [2.75, 3.05) is 20.3 Å². The number of benzene rings is 1.